The number of alkyl halides is 3. The molecule has 6 heteroatoms. The maximum Gasteiger partial charge on any atom is 0.418 e. The first-order valence-corrected chi connectivity index (χ1v) is 3.64. The molecule has 0 aromatic carbocycles. The third-order valence-corrected chi connectivity index (χ3v) is 1.55. The van der Waals surface area contributed by atoms with Crippen molar-refractivity contribution in [2.24, 2.45) is 0 Å². The first-order chi connectivity index (χ1) is 6.45. The van der Waals surface area contributed by atoms with Crippen molar-refractivity contribution in [2.45, 2.75) is 12.6 Å². The highest BCUT2D eigenvalue weighted by Crippen LogP contribution is 2.31. The summed E-state index contributed by atoms with van der Waals surface area (Å²) in [6.45, 7) is 0. The summed E-state index contributed by atoms with van der Waals surface area (Å²) in [6.07, 6.45) is -4.90. The fraction of sp³-hybridized carbons (Fsp3) is 0.250. The van der Waals surface area contributed by atoms with Crippen LogP contribution in [0.5, 0.6) is 0 Å². The number of rotatable bonds is 1. The van der Waals surface area contributed by atoms with Crippen molar-refractivity contribution in [1.29, 1.82) is 5.26 Å². The maximum absolute atomic E-state index is 12.3. The van der Waals surface area contributed by atoms with E-state index >= 15 is 0 Å². The summed E-state index contributed by atoms with van der Waals surface area (Å²) in [6, 6.07) is 3.49. The zero-order valence-corrected chi connectivity index (χ0v) is 6.97. The Balaban J connectivity index is 3.23. The number of hydrogen-bond acceptors (Lipinski definition) is 3. The second-order valence-electron chi connectivity index (χ2n) is 2.56. The van der Waals surface area contributed by atoms with Crippen LogP contribution in [-0.4, -0.2) is 4.98 Å². The van der Waals surface area contributed by atoms with Gasteiger partial charge in [-0.3, -0.25) is 0 Å². The zero-order valence-electron chi connectivity index (χ0n) is 6.97. The maximum atomic E-state index is 12.3. The van der Waals surface area contributed by atoms with Gasteiger partial charge in [0.05, 0.1) is 23.7 Å². The predicted octanol–water partition coefficient (Wildman–Crippen LogP) is 1.75. The molecule has 0 bridgehead atoms. The molecule has 0 amide bonds. The van der Waals surface area contributed by atoms with Crippen LogP contribution in [0.1, 0.15) is 11.3 Å². The van der Waals surface area contributed by atoms with Crippen LogP contribution in [0.25, 0.3) is 0 Å². The molecule has 0 aliphatic heterocycles. The van der Waals surface area contributed by atoms with E-state index in [2.05, 4.69) is 4.98 Å². The van der Waals surface area contributed by atoms with Gasteiger partial charge in [0.2, 0.25) is 0 Å². The van der Waals surface area contributed by atoms with Gasteiger partial charge in [-0.2, -0.15) is 18.4 Å². The average molecular weight is 201 g/mol. The average Bonchev–Trinajstić information content (AvgIpc) is 2.02. The lowest BCUT2D eigenvalue weighted by atomic mass is 10.1. The molecule has 1 aromatic rings. The molecule has 1 heterocycles. The number of nitrogens with two attached hydrogens (primary N) is 1. The Morgan fingerprint density at radius 2 is 2.07 bits per heavy atom. The van der Waals surface area contributed by atoms with Crippen LogP contribution in [0.15, 0.2) is 12.1 Å². The Kier molecular flexibility index (Phi) is 2.60. The van der Waals surface area contributed by atoms with Crippen molar-refractivity contribution in [3.8, 4) is 6.07 Å². The fourth-order valence-corrected chi connectivity index (χ4v) is 0.986. The van der Waals surface area contributed by atoms with Crippen LogP contribution < -0.4 is 5.73 Å². The van der Waals surface area contributed by atoms with E-state index in [1.165, 1.54) is 0 Å². The molecule has 0 aliphatic carbocycles. The normalized spacial score (nSPS) is 11.0. The SMILES string of the molecule is N#CCc1nc(N)ccc1C(F)(F)F. The molecule has 0 fully saturated rings. The van der Waals surface area contributed by atoms with Crippen LogP contribution in [0.2, 0.25) is 0 Å². The quantitative estimate of drug-likeness (QED) is 0.752. The van der Waals surface area contributed by atoms with E-state index in [0.29, 0.717) is 0 Å². The van der Waals surface area contributed by atoms with E-state index in [9.17, 15) is 13.2 Å². The van der Waals surface area contributed by atoms with Gasteiger partial charge in [-0.25, -0.2) is 4.98 Å². The molecule has 0 spiro atoms. The van der Waals surface area contributed by atoms with Gasteiger partial charge in [-0.15, -0.1) is 0 Å². The van der Waals surface area contributed by atoms with Gasteiger partial charge in [0.15, 0.2) is 0 Å². The van der Waals surface area contributed by atoms with Gasteiger partial charge in [-0.1, -0.05) is 0 Å². The number of nitrogen functional groups attached to an aromatic ring is 1. The number of halogens is 3. The molecule has 74 valence electrons. The van der Waals surface area contributed by atoms with E-state index in [1.54, 1.807) is 6.07 Å². The Morgan fingerprint density at radius 3 is 2.57 bits per heavy atom. The highest BCUT2D eigenvalue weighted by molar-refractivity contribution is 5.36. The van der Waals surface area contributed by atoms with Crippen molar-refractivity contribution in [3.63, 3.8) is 0 Å². The second-order valence-corrected chi connectivity index (χ2v) is 2.56. The minimum absolute atomic E-state index is 0.0248. The van der Waals surface area contributed by atoms with Crippen molar-refractivity contribution >= 4 is 5.82 Å². The molecule has 0 radical (unpaired) electrons. The summed E-state index contributed by atoms with van der Waals surface area (Å²) in [5, 5.41) is 8.30. The first-order valence-electron chi connectivity index (χ1n) is 3.64. The molecule has 0 saturated carbocycles. The van der Waals surface area contributed by atoms with Gasteiger partial charge in [-0.05, 0) is 12.1 Å². The third kappa shape index (κ3) is 2.13. The molecule has 3 nitrogen and oxygen atoms in total. The molecular weight excluding hydrogens is 195 g/mol. The van der Waals surface area contributed by atoms with Gasteiger partial charge in [0, 0.05) is 0 Å². The standard InChI is InChI=1S/C8H6F3N3/c9-8(10,11)5-1-2-7(13)14-6(5)3-4-12/h1-2H,3H2,(H2,13,14). The van der Waals surface area contributed by atoms with E-state index < -0.39 is 18.2 Å². The van der Waals surface area contributed by atoms with Crippen LogP contribution in [0.4, 0.5) is 19.0 Å². The summed E-state index contributed by atoms with van der Waals surface area (Å²) in [4.78, 5) is 3.46. The van der Waals surface area contributed by atoms with E-state index in [1.807, 2.05) is 0 Å². The van der Waals surface area contributed by atoms with Crippen molar-refractivity contribution in [1.82, 2.24) is 4.98 Å². The number of hydrogen-bond donors (Lipinski definition) is 1. The van der Waals surface area contributed by atoms with Crippen LogP contribution in [0.3, 0.4) is 0 Å². The smallest absolute Gasteiger partial charge is 0.384 e. The Hall–Kier alpha value is -1.77. The van der Waals surface area contributed by atoms with Crippen LogP contribution >= 0.6 is 0 Å². The Labute approximate surface area is 78.0 Å². The minimum atomic E-state index is -4.49. The van der Waals surface area contributed by atoms with Crippen molar-refractivity contribution < 1.29 is 13.2 Å². The van der Waals surface area contributed by atoms with Gasteiger partial charge >= 0.3 is 6.18 Å². The molecule has 1 aromatic heterocycles. The zero-order chi connectivity index (χ0) is 10.8. The molecule has 0 unspecified atom stereocenters. The number of nitrogens with zero attached hydrogens (tertiary/aromatic N) is 2. The Bertz CT molecular complexity index is 378. The molecule has 0 aliphatic rings. The second kappa shape index (κ2) is 3.54. The lowest BCUT2D eigenvalue weighted by molar-refractivity contribution is -0.138. The lowest BCUT2D eigenvalue weighted by Crippen LogP contribution is -2.11. The number of aromatic nitrogens is 1. The molecule has 0 saturated heterocycles. The number of nitriles is 1. The molecule has 2 N–H and O–H groups in total. The lowest BCUT2D eigenvalue weighted by Gasteiger charge is -2.09. The Morgan fingerprint density at radius 1 is 1.43 bits per heavy atom. The van der Waals surface area contributed by atoms with Crippen molar-refractivity contribution in [2.75, 3.05) is 5.73 Å². The van der Waals surface area contributed by atoms with E-state index in [0.717, 1.165) is 12.1 Å². The molecule has 14 heavy (non-hydrogen) atoms. The van der Waals surface area contributed by atoms with E-state index in [4.69, 9.17) is 11.0 Å². The largest absolute Gasteiger partial charge is 0.418 e. The van der Waals surface area contributed by atoms with Crippen LogP contribution in [0, 0.1) is 11.3 Å². The topological polar surface area (TPSA) is 62.7 Å². The predicted molar refractivity (Wildman–Crippen MR) is 43.0 cm³/mol. The van der Waals surface area contributed by atoms with Gasteiger partial charge in [0.25, 0.3) is 0 Å². The fourth-order valence-electron chi connectivity index (χ4n) is 0.986. The molecular formula is C8H6F3N3. The number of anilines is 1. The van der Waals surface area contributed by atoms with Crippen LogP contribution in [-0.2, 0) is 12.6 Å². The molecule has 1 rings (SSSR count). The summed E-state index contributed by atoms with van der Waals surface area (Å²) in [7, 11) is 0. The summed E-state index contributed by atoms with van der Waals surface area (Å²) in [5.41, 5.74) is 3.97. The van der Waals surface area contributed by atoms with E-state index in [-0.39, 0.29) is 11.5 Å². The van der Waals surface area contributed by atoms with Gasteiger partial charge in [0.1, 0.15) is 5.82 Å². The summed E-state index contributed by atoms with van der Waals surface area (Å²) in [5.74, 6) is -0.0248. The highest BCUT2D eigenvalue weighted by Gasteiger charge is 2.33. The highest BCUT2D eigenvalue weighted by atomic mass is 19.4. The first kappa shape index (κ1) is 10.3. The third-order valence-electron chi connectivity index (χ3n) is 1.55. The summed E-state index contributed by atoms with van der Waals surface area (Å²) >= 11 is 0. The van der Waals surface area contributed by atoms with Crippen molar-refractivity contribution in [3.05, 3.63) is 23.4 Å². The molecule has 0 atom stereocenters. The monoisotopic (exact) mass is 201 g/mol. The number of pyridine rings is 1. The summed E-state index contributed by atoms with van der Waals surface area (Å²) < 4.78 is 36.9. The van der Waals surface area contributed by atoms with Gasteiger partial charge < -0.3 is 5.73 Å². The minimum Gasteiger partial charge on any atom is -0.384 e.